The van der Waals surface area contributed by atoms with E-state index in [9.17, 15) is 0 Å². The zero-order valence-corrected chi connectivity index (χ0v) is 11.2. The van der Waals surface area contributed by atoms with Crippen LogP contribution < -0.4 is 5.73 Å². The van der Waals surface area contributed by atoms with E-state index < -0.39 is 0 Å². The van der Waals surface area contributed by atoms with E-state index in [1.165, 1.54) is 6.42 Å². The third-order valence-electron chi connectivity index (χ3n) is 3.86. The van der Waals surface area contributed by atoms with Crippen LogP contribution in [0.3, 0.4) is 0 Å². The lowest BCUT2D eigenvalue weighted by Gasteiger charge is -2.26. The van der Waals surface area contributed by atoms with Gasteiger partial charge in [-0.15, -0.1) is 0 Å². The van der Waals surface area contributed by atoms with Crippen LogP contribution in [-0.4, -0.2) is 29.0 Å². The van der Waals surface area contributed by atoms with Gasteiger partial charge in [0.1, 0.15) is 6.10 Å². The van der Waals surface area contributed by atoms with Crippen LogP contribution in [0.2, 0.25) is 0 Å². The van der Waals surface area contributed by atoms with Crippen molar-refractivity contribution < 1.29 is 14.0 Å². The molecule has 2 fully saturated rings. The maximum Gasteiger partial charge on any atom is 0.255 e. The molecule has 3 rings (SSSR count). The van der Waals surface area contributed by atoms with Gasteiger partial charge in [-0.1, -0.05) is 5.16 Å². The Morgan fingerprint density at radius 3 is 2.84 bits per heavy atom. The van der Waals surface area contributed by atoms with Crippen LogP contribution in [0.4, 0.5) is 0 Å². The average Bonchev–Trinajstić information content (AvgIpc) is 2.94. The molecular formula is C13H21N3O3. The van der Waals surface area contributed by atoms with Gasteiger partial charge in [-0.05, 0) is 39.0 Å². The summed E-state index contributed by atoms with van der Waals surface area (Å²) in [5.41, 5.74) is 6.01. The predicted molar refractivity (Wildman–Crippen MR) is 67.3 cm³/mol. The first-order valence-electron chi connectivity index (χ1n) is 7.08. The Balaban J connectivity index is 1.54. The molecule has 1 aliphatic carbocycles. The molecule has 6 nitrogen and oxygen atoms in total. The Bertz CT molecular complexity index is 419. The van der Waals surface area contributed by atoms with Crippen LogP contribution in [0.5, 0.6) is 0 Å². The van der Waals surface area contributed by atoms with E-state index in [1.807, 2.05) is 0 Å². The fourth-order valence-electron chi connectivity index (χ4n) is 2.36. The lowest BCUT2D eigenvalue weighted by atomic mass is 9.96. The van der Waals surface area contributed by atoms with Crippen molar-refractivity contribution in [2.24, 2.45) is 5.73 Å². The molecule has 1 saturated carbocycles. The third-order valence-corrected chi connectivity index (χ3v) is 3.86. The standard InChI is InChI=1S/C13H21N3O3/c1-8-5-6-11(18-8)13-15-12(16-19-13)10(14)7-17-9-3-2-4-9/h8-11H,2-7,14H2,1H3. The summed E-state index contributed by atoms with van der Waals surface area (Å²) in [7, 11) is 0. The van der Waals surface area contributed by atoms with Crippen molar-refractivity contribution in [1.29, 1.82) is 0 Å². The summed E-state index contributed by atoms with van der Waals surface area (Å²) >= 11 is 0. The largest absolute Gasteiger partial charge is 0.376 e. The second-order valence-corrected chi connectivity index (χ2v) is 5.50. The van der Waals surface area contributed by atoms with E-state index in [0.29, 0.717) is 24.4 Å². The lowest BCUT2D eigenvalue weighted by molar-refractivity contribution is -0.00549. The van der Waals surface area contributed by atoms with Crippen molar-refractivity contribution in [3.63, 3.8) is 0 Å². The van der Waals surface area contributed by atoms with Gasteiger partial charge in [0.2, 0.25) is 0 Å². The van der Waals surface area contributed by atoms with E-state index in [2.05, 4.69) is 17.1 Å². The highest BCUT2D eigenvalue weighted by molar-refractivity contribution is 4.97. The fourth-order valence-corrected chi connectivity index (χ4v) is 2.36. The topological polar surface area (TPSA) is 83.4 Å². The van der Waals surface area contributed by atoms with Crippen molar-refractivity contribution in [2.75, 3.05) is 6.61 Å². The van der Waals surface area contributed by atoms with Gasteiger partial charge in [-0.2, -0.15) is 4.98 Å². The second kappa shape index (κ2) is 5.56. The molecule has 1 aromatic heterocycles. The molecule has 0 amide bonds. The van der Waals surface area contributed by atoms with E-state index in [1.54, 1.807) is 0 Å². The predicted octanol–water partition coefficient (Wildman–Crippen LogP) is 1.88. The molecule has 1 aliphatic heterocycles. The van der Waals surface area contributed by atoms with Crippen molar-refractivity contribution in [3.05, 3.63) is 11.7 Å². The molecule has 3 unspecified atom stereocenters. The van der Waals surface area contributed by atoms with Crippen LogP contribution in [0.15, 0.2) is 4.52 Å². The monoisotopic (exact) mass is 267 g/mol. The van der Waals surface area contributed by atoms with Gasteiger partial charge >= 0.3 is 0 Å². The van der Waals surface area contributed by atoms with Gasteiger partial charge in [0, 0.05) is 0 Å². The van der Waals surface area contributed by atoms with Crippen LogP contribution in [0, 0.1) is 0 Å². The van der Waals surface area contributed by atoms with Crippen molar-refractivity contribution in [2.45, 2.75) is 63.4 Å². The van der Waals surface area contributed by atoms with E-state index >= 15 is 0 Å². The molecule has 106 valence electrons. The summed E-state index contributed by atoms with van der Waals surface area (Å²) < 4.78 is 16.6. The second-order valence-electron chi connectivity index (χ2n) is 5.50. The maximum absolute atomic E-state index is 6.01. The third kappa shape index (κ3) is 2.96. The fraction of sp³-hybridized carbons (Fsp3) is 0.846. The summed E-state index contributed by atoms with van der Waals surface area (Å²) in [4.78, 5) is 4.34. The average molecular weight is 267 g/mol. The first kappa shape index (κ1) is 13.0. The molecule has 0 aromatic carbocycles. The summed E-state index contributed by atoms with van der Waals surface area (Å²) in [6, 6.07) is -0.322. The Morgan fingerprint density at radius 2 is 2.21 bits per heavy atom. The first-order valence-corrected chi connectivity index (χ1v) is 7.08. The molecule has 6 heteroatoms. The highest BCUT2D eigenvalue weighted by Crippen LogP contribution is 2.31. The minimum Gasteiger partial charge on any atom is -0.376 e. The molecule has 2 N–H and O–H groups in total. The molecule has 1 aromatic rings. The van der Waals surface area contributed by atoms with E-state index in [0.717, 1.165) is 25.7 Å². The number of nitrogens with zero attached hydrogens (tertiary/aromatic N) is 2. The number of ether oxygens (including phenoxy) is 2. The minimum absolute atomic E-state index is 0.0731. The minimum atomic E-state index is -0.322. The van der Waals surface area contributed by atoms with E-state index in [-0.39, 0.29) is 18.2 Å². The van der Waals surface area contributed by atoms with Crippen LogP contribution in [0.25, 0.3) is 0 Å². The highest BCUT2D eigenvalue weighted by Gasteiger charge is 2.29. The molecule has 0 bridgehead atoms. The van der Waals surface area contributed by atoms with E-state index in [4.69, 9.17) is 19.7 Å². The van der Waals surface area contributed by atoms with Crippen molar-refractivity contribution >= 4 is 0 Å². The molecule has 2 aliphatic rings. The highest BCUT2D eigenvalue weighted by atomic mass is 16.5. The summed E-state index contributed by atoms with van der Waals surface area (Å²) in [5.74, 6) is 1.05. The maximum atomic E-state index is 6.01. The number of hydrogen-bond donors (Lipinski definition) is 1. The molecule has 1 saturated heterocycles. The van der Waals surface area contributed by atoms with Gasteiger partial charge in [0.05, 0.1) is 24.9 Å². The summed E-state index contributed by atoms with van der Waals surface area (Å²) in [5, 5.41) is 3.94. The van der Waals surface area contributed by atoms with Crippen LogP contribution in [-0.2, 0) is 9.47 Å². The molecular weight excluding hydrogens is 246 g/mol. The van der Waals surface area contributed by atoms with Gasteiger partial charge in [-0.25, -0.2) is 0 Å². The number of aromatic nitrogens is 2. The van der Waals surface area contributed by atoms with Crippen molar-refractivity contribution in [3.8, 4) is 0 Å². The van der Waals surface area contributed by atoms with Crippen LogP contribution >= 0.6 is 0 Å². The Hall–Kier alpha value is -0.980. The van der Waals surface area contributed by atoms with Gasteiger partial charge < -0.3 is 19.7 Å². The molecule has 0 spiro atoms. The van der Waals surface area contributed by atoms with Crippen LogP contribution in [0.1, 0.15) is 62.9 Å². The summed E-state index contributed by atoms with van der Waals surface area (Å²) in [6.07, 6.45) is 6.04. The zero-order valence-electron chi connectivity index (χ0n) is 11.2. The normalized spacial score (nSPS) is 29.4. The smallest absolute Gasteiger partial charge is 0.255 e. The van der Waals surface area contributed by atoms with Crippen molar-refractivity contribution in [1.82, 2.24) is 10.1 Å². The molecule has 2 heterocycles. The molecule has 19 heavy (non-hydrogen) atoms. The Morgan fingerprint density at radius 1 is 1.37 bits per heavy atom. The number of nitrogens with two attached hydrogens (primary N) is 1. The first-order chi connectivity index (χ1) is 9.22. The Labute approximate surface area is 112 Å². The lowest BCUT2D eigenvalue weighted by Crippen LogP contribution is -2.27. The molecule has 3 atom stereocenters. The summed E-state index contributed by atoms with van der Waals surface area (Å²) in [6.45, 7) is 2.50. The van der Waals surface area contributed by atoms with Gasteiger partial charge in [-0.3, -0.25) is 0 Å². The SMILES string of the molecule is CC1CCC(c2nc(C(N)COC3CCC3)no2)O1. The number of rotatable bonds is 5. The van der Waals surface area contributed by atoms with Gasteiger partial charge in [0.15, 0.2) is 5.82 Å². The number of hydrogen-bond acceptors (Lipinski definition) is 6. The Kier molecular flexibility index (Phi) is 3.81. The quantitative estimate of drug-likeness (QED) is 0.877. The van der Waals surface area contributed by atoms with Gasteiger partial charge in [0.25, 0.3) is 5.89 Å². The molecule has 0 radical (unpaired) electrons. The zero-order chi connectivity index (χ0) is 13.2.